The van der Waals surface area contributed by atoms with E-state index >= 15 is 0 Å². The van der Waals surface area contributed by atoms with E-state index < -0.39 is 7.92 Å². The molecule has 3 rings (SSSR count). The number of ether oxygens (including phenoxy) is 1. The van der Waals surface area contributed by atoms with Crippen molar-refractivity contribution in [3.63, 3.8) is 0 Å². The van der Waals surface area contributed by atoms with Crippen LogP contribution in [0.1, 0.15) is 6.92 Å². The average Bonchev–Trinajstić information content (AvgIpc) is 3.06. The first-order chi connectivity index (χ1) is 10.8. The standard InChI is InChI=1S/C20H20OP/c1-16(21-2)19-14-9-15-20(19)22(17-10-5-3-6-11-17)18-12-7-4-8-13-18/h3-16H,1-2H3. The number of methoxy groups -OCH3 is 1. The molecule has 1 aliphatic rings. The topological polar surface area (TPSA) is 9.23 Å². The van der Waals surface area contributed by atoms with Gasteiger partial charge in [-0.25, -0.2) is 0 Å². The second-order valence-corrected chi connectivity index (χ2v) is 7.44. The van der Waals surface area contributed by atoms with Crippen molar-refractivity contribution in [1.29, 1.82) is 0 Å². The van der Waals surface area contributed by atoms with Crippen LogP contribution in [-0.2, 0) is 4.74 Å². The zero-order valence-corrected chi connectivity index (χ0v) is 13.8. The summed E-state index contributed by atoms with van der Waals surface area (Å²) in [7, 11) is 1.22. The zero-order valence-electron chi connectivity index (χ0n) is 12.9. The highest BCUT2D eigenvalue weighted by atomic mass is 31.1. The fourth-order valence-electron chi connectivity index (χ4n) is 2.68. The van der Waals surface area contributed by atoms with Gasteiger partial charge in [-0.05, 0) is 44.7 Å². The lowest BCUT2D eigenvalue weighted by molar-refractivity contribution is 0.135. The number of hydrogen-bond acceptors (Lipinski definition) is 1. The van der Waals surface area contributed by atoms with Gasteiger partial charge in [0.25, 0.3) is 0 Å². The van der Waals surface area contributed by atoms with Crippen molar-refractivity contribution in [2.75, 3.05) is 7.11 Å². The minimum absolute atomic E-state index is 0.113. The average molecular weight is 307 g/mol. The number of rotatable bonds is 5. The Morgan fingerprint density at radius 1 is 0.818 bits per heavy atom. The minimum atomic E-state index is -0.548. The molecule has 0 heterocycles. The van der Waals surface area contributed by atoms with Gasteiger partial charge in [0, 0.05) is 18.7 Å². The molecule has 1 saturated carbocycles. The van der Waals surface area contributed by atoms with Crippen LogP contribution in [0.25, 0.3) is 0 Å². The highest BCUT2D eigenvalue weighted by Gasteiger charge is 2.39. The maximum absolute atomic E-state index is 5.57. The van der Waals surface area contributed by atoms with E-state index in [0.717, 1.165) is 0 Å². The molecule has 2 aromatic rings. The Kier molecular flexibility index (Phi) is 5.28. The first kappa shape index (κ1) is 15.7. The molecular formula is C20H20OP. The number of benzene rings is 2. The second-order valence-electron chi connectivity index (χ2n) is 5.25. The normalized spacial score (nSPS) is 18.0. The monoisotopic (exact) mass is 307 g/mol. The van der Waals surface area contributed by atoms with Gasteiger partial charge >= 0.3 is 0 Å². The minimum Gasteiger partial charge on any atom is -0.381 e. The lowest BCUT2D eigenvalue weighted by Crippen LogP contribution is -2.25. The van der Waals surface area contributed by atoms with Crippen LogP contribution in [0.15, 0.2) is 60.7 Å². The van der Waals surface area contributed by atoms with Crippen molar-refractivity contribution in [3.8, 4) is 0 Å². The molecule has 0 bridgehead atoms. The van der Waals surface area contributed by atoms with Gasteiger partial charge in [0.2, 0.25) is 0 Å². The van der Waals surface area contributed by atoms with Crippen LogP contribution in [0.5, 0.6) is 0 Å². The predicted octanol–water partition coefficient (Wildman–Crippen LogP) is 3.89. The van der Waals surface area contributed by atoms with Gasteiger partial charge in [0.05, 0.1) is 6.10 Å². The van der Waals surface area contributed by atoms with Crippen molar-refractivity contribution >= 4 is 18.5 Å². The van der Waals surface area contributed by atoms with Crippen LogP contribution in [-0.4, -0.2) is 13.2 Å². The van der Waals surface area contributed by atoms with Crippen molar-refractivity contribution in [1.82, 2.24) is 0 Å². The van der Waals surface area contributed by atoms with Gasteiger partial charge in [-0.2, -0.15) is 0 Å². The fraction of sp³-hybridized carbons (Fsp3) is 0.150. The third kappa shape index (κ3) is 3.26. The molecule has 2 aromatic carbocycles. The summed E-state index contributed by atoms with van der Waals surface area (Å²) < 4.78 is 5.57. The Hall–Kier alpha value is -1.17. The van der Waals surface area contributed by atoms with Crippen molar-refractivity contribution in [2.45, 2.75) is 13.0 Å². The van der Waals surface area contributed by atoms with Crippen LogP contribution in [0.3, 0.4) is 0 Å². The summed E-state index contributed by atoms with van der Waals surface area (Å²) in [5.74, 6) is 1.29. The Labute approximate surface area is 135 Å². The summed E-state index contributed by atoms with van der Waals surface area (Å²) in [5.41, 5.74) is 1.39. The number of hydrogen-bond donors (Lipinski definition) is 0. The highest BCUT2D eigenvalue weighted by Crippen LogP contribution is 2.56. The fourth-order valence-corrected chi connectivity index (χ4v) is 5.22. The molecule has 0 aliphatic heterocycles. The molecule has 111 valence electrons. The molecule has 5 radical (unpaired) electrons. The quantitative estimate of drug-likeness (QED) is 0.762. The summed E-state index contributed by atoms with van der Waals surface area (Å²) in [6, 6.07) is 21.6. The van der Waals surface area contributed by atoms with Crippen molar-refractivity contribution < 1.29 is 4.74 Å². The summed E-state index contributed by atoms with van der Waals surface area (Å²) >= 11 is 0. The molecule has 1 fully saturated rings. The molecule has 2 heteroatoms. The Bertz CT molecular complexity index is 529. The van der Waals surface area contributed by atoms with E-state index in [0.29, 0.717) is 0 Å². The highest BCUT2D eigenvalue weighted by molar-refractivity contribution is 7.76. The zero-order chi connectivity index (χ0) is 15.4. The van der Waals surface area contributed by atoms with E-state index in [1.54, 1.807) is 7.11 Å². The first-order valence-corrected chi connectivity index (χ1v) is 8.84. The largest absolute Gasteiger partial charge is 0.381 e. The summed E-state index contributed by atoms with van der Waals surface area (Å²) in [5, 5.41) is 2.75. The predicted molar refractivity (Wildman–Crippen MR) is 94.9 cm³/mol. The van der Waals surface area contributed by atoms with E-state index in [1.807, 2.05) is 0 Å². The molecule has 0 spiro atoms. The van der Waals surface area contributed by atoms with E-state index in [1.165, 1.54) is 22.2 Å². The molecule has 1 nitrogen and oxygen atoms in total. The van der Waals surface area contributed by atoms with Gasteiger partial charge in [-0.1, -0.05) is 60.7 Å². The smallest absolute Gasteiger partial charge is 0.0618 e. The van der Waals surface area contributed by atoms with Crippen LogP contribution >= 0.6 is 7.92 Å². The summed E-state index contributed by atoms with van der Waals surface area (Å²) in [4.78, 5) is 0. The van der Waals surface area contributed by atoms with Gasteiger partial charge in [-0.15, -0.1) is 0 Å². The van der Waals surface area contributed by atoms with Gasteiger partial charge in [0.1, 0.15) is 0 Å². The van der Waals surface area contributed by atoms with E-state index in [-0.39, 0.29) is 6.10 Å². The first-order valence-electron chi connectivity index (χ1n) is 7.50. The van der Waals surface area contributed by atoms with Gasteiger partial charge < -0.3 is 4.74 Å². The molecular weight excluding hydrogens is 287 g/mol. The molecule has 0 N–H and O–H groups in total. The summed E-state index contributed by atoms with van der Waals surface area (Å²) in [6.45, 7) is 2.11. The Morgan fingerprint density at radius 3 is 1.86 bits per heavy atom. The molecule has 0 amide bonds. The van der Waals surface area contributed by atoms with Crippen LogP contribution in [0.2, 0.25) is 0 Å². The molecule has 22 heavy (non-hydrogen) atoms. The molecule has 1 unspecified atom stereocenters. The van der Waals surface area contributed by atoms with E-state index in [2.05, 4.69) is 86.8 Å². The second kappa shape index (κ2) is 7.40. The van der Waals surface area contributed by atoms with Crippen LogP contribution in [0.4, 0.5) is 0 Å². The third-order valence-electron chi connectivity index (χ3n) is 3.89. The van der Waals surface area contributed by atoms with E-state index in [4.69, 9.17) is 4.74 Å². The SMILES string of the molecule is COC(C)[C]1[CH][CH][CH][C]1P(c1ccccc1)c1ccccc1. The van der Waals surface area contributed by atoms with E-state index in [9.17, 15) is 0 Å². The van der Waals surface area contributed by atoms with Crippen LogP contribution < -0.4 is 10.6 Å². The maximum atomic E-state index is 5.57. The summed E-state index contributed by atoms with van der Waals surface area (Å²) in [6.07, 6.45) is 6.69. The van der Waals surface area contributed by atoms with Crippen molar-refractivity contribution in [2.24, 2.45) is 0 Å². The Balaban J connectivity index is 1.99. The molecule has 1 atom stereocenters. The van der Waals surface area contributed by atoms with Gasteiger partial charge in [-0.3, -0.25) is 0 Å². The molecule has 0 aromatic heterocycles. The lowest BCUT2D eigenvalue weighted by Gasteiger charge is -2.31. The lowest BCUT2D eigenvalue weighted by atomic mass is 10.0. The molecule has 0 saturated heterocycles. The molecule has 1 aliphatic carbocycles. The Morgan fingerprint density at radius 2 is 1.36 bits per heavy atom. The van der Waals surface area contributed by atoms with Gasteiger partial charge in [0.15, 0.2) is 0 Å². The van der Waals surface area contributed by atoms with Crippen molar-refractivity contribution in [3.05, 3.63) is 91.5 Å². The third-order valence-corrected chi connectivity index (χ3v) is 6.41. The maximum Gasteiger partial charge on any atom is 0.0618 e. The van der Waals surface area contributed by atoms with Crippen LogP contribution in [0, 0.1) is 30.8 Å².